The number of rotatable bonds is 3. The molecule has 2 aromatic rings. The van der Waals surface area contributed by atoms with Crippen LogP contribution in [0.4, 0.5) is 0 Å². The van der Waals surface area contributed by atoms with Crippen molar-refractivity contribution in [1.82, 2.24) is 19.3 Å². The van der Waals surface area contributed by atoms with Crippen LogP contribution < -0.4 is 11.2 Å². The van der Waals surface area contributed by atoms with Gasteiger partial charge in [-0.3, -0.25) is 19.0 Å². The Bertz CT molecular complexity index is 683. The van der Waals surface area contributed by atoms with Gasteiger partial charge in [0.1, 0.15) is 5.02 Å². The summed E-state index contributed by atoms with van der Waals surface area (Å²) in [5.74, 6) is 0. The molecule has 0 aromatic carbocycles. The molecule has 0 atom stereocenters. The molecule has 0 saturated carbocycles. The van der Waals surface area contributed by atoms with Crippen LogP contribution in [0.25, 0.3) is 0 Å². The van der Waals surface area contributed by atoms with Gasteiger partial charge in [-0.15, -0.1) is 0 Å². The molecule has 0 aliphatic heterocycles. The zero-order chi connectivity index (χ0) is 13.3. The summed E-state index contributed by atoms with van der Waals surface area (Å²) in [4.78, 5) is 24.9. The Morgan fingerprint density at radius 1 is 1.44 bits per heavy atom. The fraction of sp³-hybridized carbons (Fsp3) is 0.364. The molecule has 2 aromatic heterocycles. The fourth-order valence-corrected chi connectivity index (χ4v) is 1.94. The first kappa shape index (κ1) is 12.6. The molecular weight excluding hydrogens is 256 g/mol. The Morgan fingerprint density at radius 2 is 2.17 bits per heavy atom. The van der Waals surface area contributed by atoms with E-state index in [-0.39, 0.29) is 5.02 Å². The zero-order valence-corrected chi connectivity index (χ0v) is 10.9. The van der Waals surface area contributed by atoms with E-state index in [9.17, 15) is 9.59 Å². The van der Waals surface area contributed by atoms with Crippen LogP contribution in [-0.2, 0) is 13.1 Å². The van der Waals surface area contributed by atoms with Gasteiger partial charge < -0.3 is 0 Å². The highest BCUT2D eigenvalue weighted by atomic mass is 35.5. The summed E-state index contributed by atoms with van der Waals surface area (Å²) in [6.07, 6.45) is 1.34. The molecule has 0 aliphatic rings. The number of hydrogen-bond donors (Lipinski definition) is 1. The first-order valence-corrected chi connectivity index (χ1v) is 5.91. The first-order valence-electron chi connectivity index (χ1n) is 5.54. The van der Waals surface area contributed by atoms with Crippen LogP contribution in [0.5, 0.6) is 0 Å². The van der Waals surface area contributed by atoms with Crippen LogP contribution in [0.15, 0.2) is 21.9 Å². The van der Waals surface area contributed by atoms with Crippen molar-refractivity contribution in [1.29, 1.82) is 0 Å². The molecule has 0 radical (unpaired) electrons. The van der Waals surface area contributed by atoms with Crippen LogP contribution in [0.3, 0.4) is 0 Å². The maximum absolute atomic E-state index is 11.6. The predicted octanol–water partition coefficient (Wildman–Crippen LogP) is 0.763. The zero-order valence-electron chi connectivity index (χ0n) is 10.1. The summed E-state index contributed by atoms with van der Waals surface area (Å²) in [7, 11) is 0. The summed E-state index contributed by atoms with van der Waals surface area (Å²) < 4.78 is 3.16. The van der Waals surface area contributed by atoms with Crippen LogP contribution in [0.1, 0.15) is 18.3 Å². The van der Waals surface area contributed by atoms with Crippen LogP contribution in [0.2, 0.25) is 5.02 Å². The van der Waals surface area contributed by atoms with Crippen molar-refractivity contribution in [3.8, 4) is 0 Å². The smallest absolute Gasteiger partial charge is 0.293 e. The molecule has 96 valence electrons. The van der Waals surface area contributed by atoms with Gasteiger partial charge in [0.15, 0.2) is 0 Å². The van der Waals surface area contributed by atoms with Gasteiger partial charge in [-0.1, -0.05) is 11.6 Å². The number of aryl methyl sites for hydroxylation is 2. The van der Waals surface area contributed by atoms with Crippen molar-refractivity contribution >= 4 is 11.6 Å². The topological polar surface area (TPSA) is 72.7 Å². The van der Waals surface area contributed by atoms with Crippen molar-refractivity contribution in [2.24, 2.45) is 0 Å². The minimum Gasteiger partial charge on any atom is -0.293 e. The van der Waals surface area contributed by atoms with Gasteiger partial charge in [-0.05, 0) is 19.9 Å². The molecule has 0 unspecified atom stereocenters. The van der Waals surface area contributed by atoms with Crippen molar-refractivity contribution < 1.29 is 0 Å². The highest BCUT2D eigenvalue weighted by Gasteiger charge is 2.07. The minimum absolute atomic E-state index is 0.00566. The van der Waals surface area contributed by atoms with E-state index in [1.807, 2.05) is 19.9 Å². The van der Waals surface area contributed by atoms with Gasteiger partial charge in [0, 0.05) is 12.7 Å². The third kappa shape index (κ3) is 2.38. The van der Waals surface area contributed by atoms with Gasteiger partial charge in [0.2, 0.25) is 0 Å². The second kappa shape index (κ2) is 4.81. The van der Waals surface area contributed by atoms with Crippen molar-refractivity contribution in [2.75, 3.05) is 0 Å². The maximum Gasteiger partial charge on any atom is 0.328 e. The number of nitrogens with zero attached hydrogens (tertiary/aromatic N) is 3. The molecule has 1 N–H and O–H groups in total. The van der Waals surface area contributed by atoms with Gasteiger partial charge in [-0.25, -0.2) is 4.79 Å². The Balaban J connectivity index is 2.42. The van der Waals surface area contributed by atoms with Gasteiger partial charge in [0.25, 0.3) is 5.56 Å². The third-order valence-electron chi connectivity index (χ3n) is 2.58. The van der Waals surface area contributed by atoms with Gasteiger partial charge >= 0.3 is 5.69 Å². The van der Waals surface area contributed by atoms with Crippen molar-refractivity contribution in [3.05, 3.63) is 49.5 Å². The summed E-state index contributed by atoms with van der Waals surface area (Å²) >= 11 is 5.71. The normalized spacial score (nSPS) is 10.8. The second-order valence-electron chi connectivity index (χ2n) is 3.96. The van der Waals surface area contributed by atoms with E-state index in [0.717, 1.165) is 17.9 Å². The monoisotopic (exact) mass is 268 g/mol. The lowest BCUT2D eigenvalue weighted by Crippen LogP contribution is -2.30. The Morgan fingerprint density at radius 3 is 2.83 bits per heavy atom. The fourth-order valence-electron chi connectivity index (χ4n) is 1.77. The van der Waals surface area contributed by atoms with Crippen molar-refractivity contribution in [2.45, 2.75) is 26.9 Å². The molecule has 0 fully saturated rings. The van der Waals surface area contributed by atoms with E-state index >= 15 is 0 Å². The minimum atomic E-state index is -0.571. The molecule has 6 nitrogen and oxygen atoms in total. The largest absolute Gasteiger partial charge is 0.328 e. The summed E-state index contributed by atoms with van der Waals surface area (Å²) in [6, 6.07) is 1.90. The van der Waals surface area contributed by atoms with E-state index in [1.54, 1.807) is 4.68 Å². The molecule has 0 spiro atoms. The number of hydrogen-bond acceptors (Lipinski definition) is 3. The van der Waals surface area contributed by atoms with Gasteiger partial charge in [0.05, 0.1) is 17.9 Å². The lowest BCUT2D eigenvalue weighted by Gasteiger charge is -2.07. The average Bonchev–Trinajstić information content (AvgIpc) is 2.66. The first-order chi connectivity index (χ1) is 8.51. The number of nitrogens with one attached hydrogen (secondary N) is 1. The van der Waals surface area contributed by atoms with Crippen molar-refractivity contribution in [3.63, 3.8) is 0 Å². The molecule has 18 heavy (non-hydrogen) atoms. The highest BCUT2D eigenvalue weighted by Crippen LogP contribution is 2.06. The van der Waals surface area contributed by atoms with E-state index in [4.69, 9.17) is 11.6 Å². The van der Waals surface area contributed by atoms with Crippen LogP contribution in [-0.4, -0.2) is 19.3 Å². The van der Waals surface area contributed by atoms with E-state index in [0.29, 0.717) is 6.54 Å². The Hall–Kier alpha value is -1.82. The SMILES string of the molecule is CCn1nc(C)cc1Cn1cc(Cl)c(=O)[nH]c1=O. The van der Waals surface area contributed by atoms with E-state index in [1.165, 1.54) is 10.8 Å². The molecule has 2 rings (SSSR count). The molecule has 0 bridgehead atoms. The second-order valence-corrected chi connectivity index (χ2v) is 4.36. The number of H-pyrrole nitrogens is 1. The van der Waals surface area contributed by atoms with Crippen LogP contribution >= 0.6 is 11.6 Å². The van der Waals surface area contributed by atoms with Gasteiger partial charge in [-0.2, -0.15) is 5.10 Å². The maximum atomic E-state index is 11.6. The number of aromatic nitrogens is 4. The molecule has 0 aliphatic carbocycles. The Labute approximate surface area is 108 Å². The molecule has 7 heteroatoms. The standard InChI is InChI=1S/C11H13ClN4O2/c1-3-16-8(4-7(2)14-16)5-15-6-9(12)10(17)13-11(15)18/h4,6H,3,5H2,1-2H3,(H,13,17,18). The molecule has 2 heterocycles. The quantitative estimate of drug-likeness (QED) is 0.893. The Kier molecular flexibility index (Phi) is 3.38. The lowest BCUT2D eigenvalue weighted by molar-refractivity contribution is 0.586. The third-order valence-corrected chi connectivity index (χ3v) is 2.85. The van der Waals surface area contributed by atoms with E-state index < -0.39 is 11.2 Å². The van der Waals surface area contributed by atoms with Crippen LogP contribution in [0, 0.1) is 6.92 Å². The lowest BCUT2D eigenvalue weighted by atomic mass is 10.3. The number of aromatic amines is 1. The highest BCUT2D eigenvalue weighted by molar-refractivity contribution is 6.30. The predicted molar refractivity (Wildman–Crippen MR) is 68.1 cm³/mol. The number of halogens is 1. The summed E-state index contributed by atoms with van der Waals surface area (Å²) in [5.41, 5.74) is 0.722. The summed E-state index contributed by atoms with van der Waals surface area (Å²) in [6.45, 7) is 4.90. The molecular formula is C11H13ClN4O2. The van der Waals surface area contributed by atoms with E-state index in [2.05, 4.69) is 10.1 Å². The molecule has 0 amide bonds. The summed E-state index contributed by atoms with van der Waals surface area (Å²) in [5, 5.41) is 4.29. The average molecular weight is 269 g/mol. The molecule has 0 saturated heterocycles.